The Labute approximate surface area is 307 Å². The zero-order valence-corrected chi connectivity index (χ0v) is 28.7. The summed E-state index contributed by atoms with van der Waals surface area (Å²) in [5.74, 6) is 6.90. The number of rotatable bonds is 2. The van der Waals surface area contributed by atoms with Crippen molar-refractivity contribution >= 4 is 57.2 Å². The first-order chi connectivity index (χ1) is 26.3. The van der Waals surface area contributed by atoms with Crippen molar-refractivity contribution in [3.05, 3.63) is 151 Å². The number of fused-ring (bicyclic) bond motifs is 10. The lowest BCUT2D eigenvalue weighted by Crippen LogP contribution is -2.57. The maximum absolute atomic E-state index is 7.08. The summed E-state index contributed by atoms with van der Waals surface area (Å²) in [5.41, 5.74) is 12.1. The molecule has 0 fully saturated rings. The maximum Gasteiger partial charge on any atom is 0.260 e. The SMILES string of the molecule is c1ccc2c(c1)Oc1ccccc1N2c1ccc2c(c1)Oc1cc3c(c4c1B2c1ccc(N2c5ccccc5Oc5ccccc52)cc1O4)CCCC3. The number of benzene rings is 7. The molecule has 0 amide bonds. The van der Waals surface area contributed by atoms with Crippen molar-refractivity contribution in [2.24, 2.45) is 0 Å². The minimum Gasteiger partial charge on any atom is -0.458 e. The second-order valence-electron chi connectivity index (χ2n) is 14.3. The summed E-state index contributed by atoms with van der Waals surface area (Å²) in [6, 6.07) is 48.5. The number of hydrogen-bond acceptors (Lipinski definition) is 6. The predicted octanol–water partition coefficient (Wildman–Crippen LogP) is 10.4. The van der Waals surface area contributed by atoms with Crippen LogP contribution >= 0.6 is 0 Å². The summed E-state index contributed by atoms with van der Waals surface area (Å²) in [7, 11) is 0. The van der Waals surface area contributed by atoms with Gasteiger partial charge in [0.15, 0.2) is 23.0 Å². The van der Waals surface area contributed by atoms with Crippen molar-refractivity contribution in [2.75, 3.05) is 9.80 Å². The van der Waals surface area contributed by atoms with Gasteiger partial charge in [-0.2, -0.15) is 0 Å². The molecule has 7 aromatic carbocycles. The summed E-state index contributed by atoms with van der Waals surface area (Å²) >= 11 is 0. The Morgan fingerprint density at radius 1 is 0.415 bits per heavy atom. The standard InChI is InChI=1S/C46H31BN2O4/c1-2-12-31-28(11-1)25-44-45-46(31)53-43-27-30(49-36-15-5-9-19-40(36)51-41-20-10-6-16-37(41)49)22-24-33(43)47(45)32-23-21-29(26-42(32)52-44)48-34-13-3-7-17-38(34)50-39-18-8-4-14-35(39)48/h3-10,13-27H,1-2,11-12H2. The fourth-order valence-corrected chi connectivity index (χ4v) is 8.98. The van der Waals surface area contributed by atoms with E-state index in [9.17, 15) is 0 Å². The number of anilines is 6. The molecule has 252 valence electrons. The van der Waals surface area contributed by atoms with E-state index in [0.717, 1.165) is 116 Å². The van der Waals surface area contributed by atoms with Crippen LogP contribution in [0.4, 0.5) is 34.1 Å². The monoisotopic (exact) mass is 686 g/mol. The van der Waals surface area contributed by atoms with Gasteiger partial charge in [-0.3, -0.25) is 0 Å². The van der Waals surface area contributed by atoms with E-state index >= 15 is 0 Å². The second-order valence-corrected chi connectivity index (χ2v) is 14.3. The molecule has 12 rings (SSSR count). The number of ether oxygens (including phenoxy) is 4. The van der Waals surface area contributed by atoms with Gasteiger partial charge < -0.3 is 28.7 Å². The van der Waals surface area contributed by atoms with Gasteiger partial charge in [0.05, 0.1) is 34.1 Å². The average Bonchev–Trinajstić information content (AvgIpc) is 3.21. The quantitative estimate of drug-likeness (QED) is 0.169. The molecule has 5 aliphatic rings. The van der Waals surface area contributed by atoms with Crippen LogP contribution in [0.3, 0.4) is 0 Å². The van der Waals surface area contributed by atoms with Crippen molar-refractivity contribution in [1.82, 2.24) is 0 Å². The molecule has 0 bridgehead atoms. The third-order valence-electron chi connectivity index (χ3n) is 11.3. The van der Waals surface area contributed by atoms with Gasteiger partial charge in [-0.05, 0) is 114 Å². The molecule has 0 atom stereocenters. The van der Waals surface area contributed by atoms with E-state index < -0.39 is 0 Å². The zero-order valence-electron chi connectivity index (χ0n) is 28.7. The van der Waals surface area contributed by atoms with Crippen LogP contribution in [-0.4, -0.2) is 6.71 Å². The largest absolute Gasteiger partial charge is 0.458 e. The Morgan fingerprint density at radius 3 is 1.40 bits per heavy atom. The second kappa shape index (κ2) is 11.0. The topological polar surface area (TPSA) is 43.4 Å². The lowest BCUT2D eigenvalue weighted by molar-refractivity contribution is 0.454. The highest BCUT2D eigenvalue weighted by molar-refractivity contribution is 6.98. The minimum absolute atomic E-state index is 0.0450. The molecule has 0 saturated carbocycles. The number of aryl methyl sites for hydroxylation is 1. The van der Waals surface area contributed by atoms with E-state index in [2.05, 4.69) is 101 Å². The molecule has 0 saturated heterocycles. The lowest BCUT2D eigenvalue weighted by Gasteiger charge is -2.38. The smallest absolute Gasteiger partial charge is 0.260 e. The first-order valence-corrected chi connectivity index (χ1v) is 18.4. The lowest BCUT2D eigenvalue weighted by atomic mass is 9.34. The summed E-state index contributed by atoms with van der Waals surface area (Å²) in [4.78, 5) is 4.55. The van der Waals surface area contributed by atoms with E-state index in [0.29, 0.717) is 0 Å². The van der Waals surface area contributed by atoms with E-state index in [-0.39, 0.29) is 6.71 Å². The molecular weight excluding hydrogens is 655 g/mol. The Morgan fingerprint density at radius 2 is 0.868 bits per heavy atom. The van der Waals surface area contributed by atoms with Crippen LogP contribution in [0.2, 0.25) is 0 Å². The molecule has 6 nitrogen and oxygen atoms in total. The van der Waals surface area contributed by atoms with Gasteiger partial charge in [0.1, 0.15) is 23.0 Å². The zero-order chi connectivity index (χ0) is 34.6. The summed E-state index contributed by atoms with van der Waals surface area (Å²) in [6.07, 6.45) is 4.35. The molecule has 4 aliphatic heterocycles. The minimum atomic E-state index is -0.0450. The Hall–Kier alpha value is -6.60. The number of hydrogen-bond donors (Lipinski definition) is 0. The third-order valence-corrected chi connectivity index (χ3v) is 11.3. The summed E-state index contributed by atoms with van der Waals surface area (Å²) in [6.45, 7) is -0.0450. The van der Waals surface area contributed by atoms with Gasteiger partial charge >= 0.3 is 0 Å². The van der Waals surface area contributed by atoms with Crippen LogP contribution in [0.25, 0.3) is 0 Å². The van der Waals surface area contributed by atoms with Crippen LogP contribution in [0, 0.1) is 0 Å². The van der Waals surface area contributed by atoms with Crippen LogP contribution in [-0.2, 0) is 12.8 Å². The molecule has 0 spiro atoms. The molecule has 53 heavy (non-hydrogen) atoms. The van der Waals surface area contributed by atoms with Crippen LogP contribution in [0.15, 0.2) is 140 Å². The Kier molecular flexibility index (Phi) is 6.00. The summed E-state index contributed by atoms with van der Waals surface area (Å²) in [5, 5.41) is 0. The molecule has 4 heterocycles. The maximum atomic E-state index is 7.08. The highest BCUT2D eigenvalue weighted by Crippen LogP contribution is 2.53. The molecule has 7 aromatic rings. The van der Waals surface area contributed by atoms with Crippen LogP contribution in [0.5, 0.6) is 46.0 Å². The Bertz CT molecular complexity index is 2590. The first-order valence-electron chi connectivity index (χ1n) is 18.4. The van der Waals surface area contributed by atoms with E-state index in [4.69, 9.17) is 18.9 Å². The Balaban J connectivity index is 1.03. The van der Waals surface area contributed by atoms with Crippen molar-refractivity contribution in [2.45, 2.75) is 25.7 Å². The van der Waals surface area contributed by atoms with E-state index in [1.807, 2.05) is 48.5 Å². The van der Waals surface area contributed by atoms with Gasteiger partial charge in [0, 0.05) is 17.6 Å². The van der Waals surface area contributed by atoms with Crippen LogP contribution in [0.1, 0.15) is 24.0 Å². The van der Waals surface area contributed by atoms with Gasteiger partial charge in [-0.15, -0.1) is 0 Å². The molecule has 0 unspecified atom stereocenters. The van der Waals surface area contributed by atoms with Gasteiger partial charge in [-0.25, -0.2) is 0 Å². The first kappa shape index (κ1) is 29.0. The highest BCUT2D eigenvalue weighted by Gasteiger charge is 2.43. The van der Waals surface area contributed by atoms with Crippen molar-refractivity contribution in [3.63, 3.8) is 0 Å². The number of para-hydroxylation sites is 8. The van der Waals surface area contributed by atoms with Crippen molar-refractivity contribution in [1.29, 1.82) is 0 Å². The molecule has 0 radical (unpaired) electrons. The third kappa shape index (κ3) is 4.22. The fourth-order valence-electron chi connectivity index (χ4n) is 8.98. The summed E-state index contributed by atoms with van der Waals surface area (Å²) < 4.78 is 26.7. The average molecular weight is 687 g/mol. The van der Waals surface area contributed by atoms with Gasteiger partial charge in [0.2, 0.25) is 0 Å². The van der Waals surface area contributed by atoms with E-state index in [1.165, 1.54) is 17.5 Å². The van der Waals surface area contributed by atoms with Crippen LogP contribution < -0.4 is 45.1 Å². The molecule has 7 heteroatoms. The van der Waals surface area contributed by atoms with E-state index in [1.54, 1.807) is 0 Å². The number of nitrogens with zero attached hydrogens (tertiary/aromatic N) is 2. The fraction of sp³-hybridized carbons (Fsp3) is 0.0870. The van der Waals surface area contributed by atoms with Crippen molar-refractivity contribution < 1.29 is 18.9 Å². The van der Waals surface area contributed by atoms with Gasteiger partial charge in [0.25, 0.3) is 6.71 Å². The van der Waals surface area contributed by atoms with Gasteiger partial charge in [-0.1, -0.05) is 60.7 Å². The highest BCUT2D eigenvalue weighted by atomic mass is 16.5. The molecule has 0 aromatic heterocycles. The normalized spacial score (nSPS) is 15.0. The molecule has 1 aliphatic carbocycles. The van der Waals surface area contributed by atoms with Crippen molar-refractivity contribution in [3.8, 4) is 46.0 Å². The molecule has 0 N–H and O–H groups in total. The predicted molar refractivity (Wildman–Crippen MR) is 210 cm³/mol. The molecular formula is C46H31BN2O4.